The maximum absolute atomic E-state index is 16.4. The Labute approximate surface area is 455 Å². The van der Waals surface area contributed by atoms with E-state index in [0.717, 1.165) is 32.5 Å². The molecule has 0 radical (unpaired) electrons. The van der Waals surface area contributed by atoms with Gasteiger partial charge in [-0.2, -0.15) is 0 Å². The molecule has 0 saturated heterocycles. The molecular weight excluding hydrogens is 1030 g/mol. The summed E-state index contributed by atoms with van der Waals surface area (Å²) in [4.78, 5) is 101. The van der Waals surface area contributed by atoms with E-state index < -0.39 is 132 Å². The van der Waals surface area contributed by atoms with Gasteiger partial charge in [0, 0.05) is 38.2 Å². The first kappa shape index (κ1) is 59.5. The van der Waals surface area contributed by atoms with Gasteiger partial charge in [0.15, 0.2) is 31.9 Å². The van der Waals surface area contributed by atoms with Gasteiger partial charge in [0.1, 0.15) is 30.5 Å². The number of Topliss-reactive ketones (excluding diaryl/α,β-unsaturated/α-hetero) is 1. The molecule has 410 valence electrons. The number of aliphatic hydroxyl groups is 1. The van der Waals surface area contributed by atoms with Gasteiger partial charge in [0.25, 0.3) is 5.91 Å². The van der Waals surface area contributed by atoms with E-state index in [0.29, 0.717) is 11.1 Å². The monoisotopic (exact) mass is 1100 g/mol. The Bertz CT molecular complexity index is 2730. The van der Waals surface area contributed by atoms with Crippen LogP contribution in [-0.2, 0) is 56.8 Å². The second-order valence-corrected chi connectivity index (χ2v) is 28.3. The number of ketones is 1. The Morgan fingerprint density at radius 1 is 0.816 bits per heavy atom. The average molecular weight is 1100 g/mol. The molecule has 0 unspecified atom stereocenters. The van der Waals surface area contributed by atoms with Gasteiger partial charge in [-0.1, -0.05) is 113 Å². The zero-order valence-corrected chi connectivity index (χ0v) is 48.1. The summed E-state index contributed by atoms with van der Waals surface area (Å²) in [7, 11) is -2.98. The van der Waals surface area contributed by atoms with E-state index in [1.54, 1.807) is 106 Å². The lowest BCUT2D eigenvalue weighted by atomic mass is 9.45. The maximum Gasteiger partial charge on any atom is 0.338 e. The average Bonchev–Trinajstić information content (AvgIpc) is 3.35. The Balaban J connectivity index is 1.67. The van der Waals surface area contributed by atoms with E-state index in [1.165, 1.54) is 19.1 Å². The second-order valence-electron chi connectivity index (χ2n) is 22.1. The third-order valence-electron chi connectivity index (χ3n) is 16.0. The predicted molar refractivity (Wildman–Crippen MR) is 290 cm³/mol. The van der Waals surface area contributed by atoms with Crippen molar-refractivity contribution in [2.75, 3.05) is 12.9 Å². The molecule has 2 fully saturated rings. The summed E-state index contributed by atoms with van der Waals surface area (Å²) < 4.78 is 45.0. The number of hydrogen-bond acceptors (Lipinski definition) is 17. The molecule has 19 heteroatoms. The highest BCUT2D eigenvalue weighted by Gasteiger charge is 2.75. The molecule has 2 N–H and O–H groups in total. The van der Waals surface area contributed by atoms with Crippen molar-refractivity contribution in [2.45, 2.75) is 154 Å². The van der Waals surface area contributed by atoms with Gasteiger partial charge >= 0.3 is 29.8 Å². The number of rotatable bonds is 15. The number of carbonyl (C=O) groups is 7. The number of ether oxygens (including phenoxy) is 6. The lowest BCUT2D eigenvalue weighted by molar-refractivity contribution is -0.268. The van der Waals surface area contributed by atoms with Gasteiger partial charge < -0.3 is 43.3 Å². The number of thioether (sulfide) groups is 1. The van der Waals surface area contributed by atoms with Gasteiger partial charge in [0.2, 0.25) is 4.38 Å². The third kappa shape index (κ3) is 11.9. The van der Waals surface area contributed by atoms with Gasteiger partial charge in [-0.25, -0.2) is 9.59 Å². The van der Waals surface area contributed by atoms with Crippen LogP contribution in [-0.4, -0.2) is 114 Å². The first-order valence-electron chi connectivity index (χ1n) is 25.2. The molecule has 0 heterocycles. The summed E-state index contributed by atoms with van der Waals surface area (Å²) >= 11 is 6.68. The van der Waals surface area contributed by atoms with Gasteiger partial charge in [-0.05, 0) is 104 Å². The third-order valence-corrected chi connectivity index (χ3v) is 21.5. The van der Waals surface area contributed by atoms with Crippen molar-refractivity contribution in [3.8, 4) is 0 Å². The zero-order valence-electron chi connectivity index (χ0n) is 45.5. The fourth-order valence-corrected chi connectivity index (χ4v) is 12.6. The van der Waals surface area contributed by atoms with Crippen LogP contribution in [0, 0.1) is 16.7 Å². The molecule has 76 heavy (non-hydrogen) atoms. The lowest BCUT2D eigenvalue weighted by Crippen LogP contribution is -2.76. The van der Waals surface area contributed by atoms with Crippen molar-refractivity contribution in [3.63, 3.8) is 0 Å². The minimum Gasteiger partial charge on any atom is -0.474 e. The van der Waals surface area contributed by atoms with Crippen molar-refractivity contribution in [3.05, 3.63) is 119 Å². The summed E-state index contributed by atoms with van der Waals surface area (Å²) in [5.74, 6) is -7.51. The molecule has 16 nitrogen and oxygen atoms in total. The van der Waals surface area contributed by atoms with Crippen LogP contribution < -0.4 is 5.32 Å². The highest BCUT2D eigenvalue weighted by Crippen LogP contribution is 2.63. The van der Waals surface area contributed by atoms with Crippen LogP contribution in [0.5, 0.6) is 0 Å². The largest absolute Gasteiger partial charge is 0.474 e. The molecule has 2 bridgehead atoms. The molecule has 0 aromatic heterocycles. The summed E-state index contributed by atoms with van der Waals surface area (Å²) in [5.41, 5.74) is -7.29. The first-order valence-corrected chi connectivity index (χ1v) is 29.8. The SMILES string of the molecule is CSC(=S)O[C@H]1CC[C@](COC(C)=O)(OC(C)=O)[C@H]2[C@H](OC(=O)c3ccccc3)[C@]3(O)C[C@H](OC(=O)[C@H](O[Si](C)(C)C(C)(C)C)[C@@H](NC(=O)c4ccccc4)c4ccccc4)C(C)=C([C@@H](OC(C)=O)C(=O)[C@]12C)C3(C)C. The number of fused-ring (bicyclic) bond motifs is 3. The van der Waals surface area contributed by atoms with Crippen LogP contribution in [0.2, 0.25) is 18.1 Å². The van der Waals surface area contributed by atoms with Crippen LogP contribution in [0.15, 0.2) is 102 Å². The lowest BCUT2D eigenvalue weighted by Gasteiger charge is -2.64. The van der Waals surface area contributed by atoms with Crippen LogP contribution in [0.1, 0.15) is 121 Å². The molecule has 3 aliphatic rings. The van der Waals surface area contributed by atoms with E-state index in [2.05, 4.69) is 5.32 Å². The van der Waals surface area contributed by atoms with Crippen LogP contribution >= 0.6 is 24.0 Å². The molecule has 0 aliphatic heterocycles. The fraction of sp³-hybridized carbons (Fsp3) is 0.509. The number of amides is 1. The van der Waals surface area contributed by atoms with Crippen molar-refractivity contribution >= 4 is 78.2 Å². The molecule has 3 aromatic carbocycles. The molecule has 3 aliphatic carbocycles. The molecule has 2 saturated carbocycles. The highest BCUT2D eigenvalue weighted by atomic mass is 32.2. The van der Waals surface area contributed by atoms with Crippen LogP contribution in [0.3, 0.4) is 0 Å². The molecule has 3 aromatic rings. The molecule has 1 amide bonds. The number of thiocarbonyl (C=S) groups is 1. The van der Waals surface area contributed by atoms with E-state index in [4.69, 9.17) is 45.1 Å². The van der Waals surface area contributed by atoms with Crippen molar-refractivity contribution in [2.24, 2.45) is 16.7 Å². The van der Waals surface area contributed by atoms with Crippen LogP contribution in [0.4, 0.5) is 0 Å². The molecule has 6 rings (SSSR count). The van der Waals surface area contributed by atoms with Crippen molar-refractivity contribution < 1.29 is 71.5 Å². The van der Waals surface area contributed by atoms with E-state index in [-0.39, 0.29) is 33.9 Å². The van der Waals surface area contributed by atoms with Gasteiger partial charge in [0.05, 0.1) is 22.9 Å². The summed E-state index contributed by atoms with van der Waals surface area (Å²) in [6.07, 6.45) is -7.21. The Hall–Kier alpha value is -5.73. The molecule has 0 spiro atoms. The van der Waals surface area contributed by atoms with E-state index in [9.17, 15) is 29.1 Å². The summed E-state index contributed by atoms with van der Waals surface area (Å²) in [6, 6.07) is 24.0. The summed E-state index contributed by atoms with van der Waals surface area (Å²) in [5, 5.41) is 16.9. The number of carbonyl (C=O) groups excluding carboxylic acids is 7. The van der Waals surface area contributed by atoms with Gasteiger partial charge in [-0.15, -0.1) is 0 Å². The van der Waals surface area contributed by atoms with Crippen LogP contribution in [0.25, 0.3) is 0 Å². The van der Waals surface area contributed by atoms with Gasteiger partial charge in [-0.3, -0.25) is 24.0 Å². The Kier molecular flexibility index (Phi) is 18.1. The number of esters is 5. The molecular formula is C57H71NO15S2Si. The Morgan fingerprint density at radius 3 is 1.91 bits per heavy atom. The first-order chi connectivity index (χ1) is 35.4. The van der Waals surface area contributed by atoms with Crippen molar-refractivity contribution in [1.29, 1.82) is 0 Å². The molecule has 10 atom stereocenters. The minimum absolute atomic E-state index is 0.0199. The number of hydrogen-bond donors (Lipinski definition) is 2. The topological polar surface area (TPSA) is 216 Å². The predicted octanol–water partition coefficient (Wildman–Crippen LogP) is 8.99. The smallest absolute Gasteiger partial charge is 0.338 e. The standard InChI is InChI=1S/C57H71NO15S2Si/c1-33-40(69-51(65)45(73-76(12,13)53(5,6)7)43(37-23-17-14-18-24-37)58-49(63)38-25-19-15-20-26-38)31-57(66)48(71-50(64)39-27-21-16-22-28-39)46-55(10,47(62)44(68-35(3)60)42(33)54(57,8)9)41(70-52(74)75-11)29-30-56(46,72-36(4)61)32-67-34(2)59/h14-28,40-41,43-46,48,66H,29-32H2,1-13H3,(H,58,63)/t40-,41-,43-,44+,45+,46-,48-,55+,56+,57+/m0/s1. The minimum atomic E-state index is -2.98. The quantitative estimate of drug-likeness (QED) is 0.0477. The second kappa shape index (κ2) is 23.1. The zero-order chi connectivity index (χ0) is 56.3. The van der Waals surface area contributed by atoms with E-state index >= 15 is 9.59 Å². The summed E-state index contributed by atoms with van der Waals surface area (Å²) in [6.45, 7) is 18.8. The van der Waals surface area contributed by atoms with E-state index in [1.807, 2.05) is 33.9 Å². The van der Waals surface area contributed by atoms with Crippen molar-refractivity contribution in [1.82, 2.24) is 5.32 Å². The number of nitrogens with one attached hydrogen (secondary N) is 1. The fourth-order valence-electron chi connectivity index (χ4n) is 11.0. The normalized spacial score (nSPS) is 26.9. The Morgan fingerprint density at radius 2 is 1.38 bits per heavy atom. The number of benzene rings is 3. The maximum atomic E-state index is 16.4. The highest BCUT2D eigenvalue weighted by molar-refractivity contribution is 8.22.